The fourth-order valence-electron chi connectivity index (χ4n) is 2.70. The summed E-state index contributed by atoms with van der Waals surface area (Å²) < 4.78 is 0. The molecule has 0 spiro atoms. The lowest BCUT2D eigenvalue weighted by atomic mass is 9.76. The molecule has 0 aromatic rings. The van der Waals surface area contributed by atoms with E-state index in [-0.39, 0.29) is 18.2 Å². The second-order valence-corrected chi connectivity index (χ2v) is 6.46. The summed E-state index contributed by atoms with van der Waals surface area (Å²) >= 11 is 0. The highest BCUT2D eigenvalue weighted by Gasteiger charge is 2.40. The number of piperidine rings is 1. The van der Waals surface area contributed by atoms with Gasteiger partial charge in [-0.15, -0.1) is 0 Å². The molecule has 1 saturated heterocycles. The molecule has 0 aromatic heterocycles. The third kappa shape index (κ3) is 3.95. The number of hydrogen-bond acceptors (Lipinski definition) is 3. The molecule has 2 atom stereocenters. The molecule has 1 rings (SSSR count). The summed E-state index contributed by atoms with van der Waals surface area (Å²) in [6.45, 7) is 7.81. The van der Waals surface area contributed by atoms with Crippen molar-refractivity contribution < 1.29 is 14.7 Å². The lowest BCUT2D eigenvalue weighted by Crippen LogP contribution is -2.46. The minimum Gasteiger partial charge on any atom is -0.481 e. The van der Waals surface area contributed by atoms with E-state index in [0.717, 1.165) is 32.5 Å². The van der Waals surface area contributed by atoms with Crippen molar-refractivity contribution in [2.24, 2.45) is 17.3 Å². The first-order valence-corrected chi connectivity index (χ1v) is 7.47. The van der Waals surface area contributed by atoms with Crippen molar-refractivity contribution in [2.45, 2.75) is 40.0 Å². The first-order valence-electron chi connectivity index (χ1n) is 7.47. The van der Waals surface area contributed by atoms with E-state index in [9.17, 15) is 14.7 Å². The van der Waals surface area contributed by atoms with Gasteiger partial charge < -0.3 is 15.3 Å². The van der Waals surface area contributed by atoms with Gasteiger partial charge in [0.05, 0.1) is 5.41 Å². The van der Waals surface area contributed by atoms with E-state index in [1.807, 2.05) is 25.8 Å². The van der Waals surface area contributed by atoms with Crippen molar-refractivity contribution in [3.8, 4) is 0 Å². The first-order chi connectivity index (χ1) is 9.31. The Labute approximate surface area is 121 Å². The second-order valence-electron chi connectivity index (χ2n) is 6.46. The third-order valence-corrected chi connectivity index (χ3v) is 4.65. The number of aliphatic carboxylic acids is 1. The van der Waals surface area contributed by atoms with Crippen LogP contribution >= 0.6 is 0 Å². The molecule has 1 amide bonds. The van der Waals surface area contributed by atoms with Crippen LogP contribution in [-0.2, 0) is 9.59 Å². The molecule has 20 heavy (non-hydrogen) atoms. The smallest absolute Gasteiger partial charge is 0.310 e. The van der Waals surface area contributed by atoms with Crippen molar-refractivity contribution in [1.82, 2.24) is 10.2 Å². The van der Waals surface area contributed by atoms with Crippen LogP contribution in [0.1, 0.15) is 40.0 Å². The van der Waals surface area contributed by atoms with Crippen LogP contribution < -0.4 is 5.32 Å². The van der Waals surface area contributed by atoms with E-state index in [1.54, 1.807) is 6.92 Å². The fraction of sp³-hybridized carbons (Fsp3) is 0.867. The van der Waals surface area contributed by atoms with E-state index in [2.05, 4.69) is 5.32 Å². The SMILES string of the molecule is CNCC1CCCN(C(=O)CC(C)(C(=O)O)C(C)C)C1. The van der Waals surface area contributed by atoms with Crippen LogP contribution in [0.2, 0.25) is 0 Å². The molecule has 0 bridgehead atoms. The normalized spacial score (nSPS) is 22.6. The molecule has 1 fully saturated rings. The molecule has 0 aliphatic carbocycles. The van der Waals surface area contributed by atoms with Crippen LogP contribution in [0.4, 0.5) is 0 Å². The Hall–Kier alpha value is -1.10. The molecule has 0 saturated carbocycles. The lowest BCUT2D eigenvalue weighted by molar-refractivity contribution is -0.156. The average molecular weight is 284 g/mol. The maximum Gasteiger partial charge on any atom is 0.310 e. The van der Waals surface area contributed by atoms with Gasteiger partial charge in [0.1, 0.15) is 0 Å². The Bertz CT molecular complexity index is 355. The highest BCUT2D eigenvalue weighted by molar-refractivity contribution is 5.85. The number of carboxylic acid groups (broad SMARTS) is 1. The maximum absolute atomic E-state index is 12.4. The molecule has 116 valence electrons. The van der Waals surface area contributed by atoms with Crippen LogP contribution in [0.3, 0.4) is 0 Å². The minimum atomic E-state index is -0.979. The molecule has 5 heteroatoms. The molecule has 5 nitrogen and oxygen atoms in total. The van der Waals surface area contributed by atoms with Gasteiger partial charge in [-0.25, -0.2) is 0 Å². The number of amides is 1. The molecule has 0 aromatic carbocycles. The van der Waals surface area contributed by atoms with E-state index in [0.29, 0.717) is 5.92 Å². The number of nitrogens with zero attached hydrogens (tertiary/aromatic N) is 1. The van der Waals surface area contributed by atoms with Crippen molar-refractivity contribution in [3.63, 3.8) is 0 Å². The molecule has 0 radical (unpaired) electrons. The van der Waals surface area contributed by atoms with Crippen molar-refractivity contribution in [1.29, 1.82) is 0 Å². The quantitative estimate of drug-likeness (QED) is 0.777. The number of likely N-dealkylation sites (tertiary alicyclic amines) is 1. The van der Waals surface area contributed by atoms with Crippen molar-refractivity contribution in [2.75, 3.05) is 26.7 Å². The lowest BCUT2D eigenvalue weighted by Gasteiger charge is -2.36. The Balaban J connectivity index is 2.67. The molecule has 1 aliphatic rings. The van der Waals surface area contributed by atoms with Crippen LogP contribution in [0.5, 0.6) is 0 Å². The van der Waals surface area contributed by atoms with E-state index in [1.165, 1.54) is 0 Å². The zero-order valence-electron chi connectivity index (χ0n) is 13.1. The minimum absolute atomic E-state index is 0.0237. The fourth-order valence-corrected chi connectivity index (χ4v) is 2.70. The number of hydrogen-bond donors (Lipinski definition) is 2. The summed E-state index contributed by atoms with van der Waals surface area (Å²) in [6, 6.07) is 0. The van der Waals surface area contributed by atoms with Gasteiger partial charge in [0.2, 0.25) is 5.91 Å². The summed E-state index contributed by atoms with van der Waals surface area (Å²) in [4.78, 5) is 25.7. The summed E-state index contributed by atoms with van der Waals surface area (Å²) in [5, 5.41) is 12.6. The highest BCUT2D eigenvalue weighted by Crippen LogP contribution is 2.32. The number of nitrogens with one attached hydrogen (secondary N) is 1. The van der Waals surface area contributed by atoms with Gasteiger partial charge in [0.25, 0.3) is 0 Å². The van der Waals surface area contributed by atoms with Crippen molar-refractivity contribution in [3.05, 3.63) is 0 Å². The zero-order valence-corrected chi connectivity index (χ0v) is 13.1. The maximum atomic E-state index is 12.4. The molecular weight excluding hydrogens is 256 g/mol. The predicted molar refractivity (Wildman–Crippen MR) is 78.4 cm³/mol. The molecular formula is C15H28N2O3. The van der Waals surface area contributed by atoms with Gasteiger partial charge in [-0.05, 0) is 45.2 Å². The zero-order chi connectivity index (χ0) is 15.3. The molecule has 1 heterocycles. The molecule has 1 aliphatic heterocycles. The Morgan fingerprint density at radius 2 is 2.10 bits per heavy atom. The number of carbonyl (C=O) groups is 2. The summed E-state index contributed by atoms with van der Waals surface area (Å²) in [5.74, 6) is -0.497. The molecule has 2 N–H and O–H groups in total. The monoisotopic (exact) mass is 284 g/mol. The van der Waals surface area contributed by atoms with Gasteiger partial charge in [-0.3, -0.25) is 9.59 Å². The number of carboxylic acids is 1. The summed E-state index contributed by atoms with van der Waals surface area (Å²) in [5.41, 5.74) is -0.979. The van der Waals surface area contributed by atoms with Crippen molar-refractivity contribution >= 4 is 11.9 Å². The predicted octanol–water partition coefficient (Wildman–Crippen LogP) is 1.58. The van der Waals surface area contributed by atoms with Crippen LogP contribution in [0.15, 0.2) is 0 Å². The Kier molecular flexibility index (Phi) is 5.99. The van der Waals surface area contributed by atoms with Gasteiger partial charge in [0.15, 0.2) is 0 Å². The van der Waals surface area contributed by atoms with Crippen LogP contribution in [-0.4, -0.2) is 48.6 Å². The van der Waals surface area contributed by atoms with E-state index >= 15 is 0 Å². The molecule has 2 unspecified atom stereocenters. The third-order valence-electron chi connectivity index (χ3n) is 4.65. The summed E-state index contributed by atoms with van der Waals surface area (Å²) in [6.07, 6.45) is 2.22. The van der Waals surface area contributed by atoms with Gasteiger partial charge in [0, 0.05) is 19.5 Å². The standard InChI is InChI=1S/C15H28N2O3/c1-11(2)15(3,14(19)20)8-13(18)17-7-5-6-12(10-17)9-16-4/h11-12,16H,5-10H2,1-4H3,(H,19,20). The van der Waals surface area contributed by atoms with E-state index < -0.39 is 11.4 Å². The number of rotatable bonds is 6. The largest absolute Gasteiger partial charge is 0.481 e. The second kappa shape index (κ2) is 7.07. The Morgan fingerprint density at radius 3 is 2.60 bits per heavy atom. The van der Waals surface area contributed by atoms with Crippen LogP contribution in [0, 0.1) is 17.3 Å². The van der Waals surface area contributed by atoms with Gasteiger partial charge in [-0.1, -0.05) is 13.8 Å². The summed E-state index contributed by atoms with van der Waals surface area (Å²) in [7, 11) is 1.92. The van der Waals surface area contributed by atoms with Gasteiger partial charge in [-0.2, -0.15) is 0 Å². The number of carbonyl (C=O) groups excluding carboxylic acids is 1. The average Bonchev–Trinajstić information content (AvgIpc) is 2.38. The van der Waals surface area contributed by atoms with Gasteiger partial charge >= 0.3 is 5.97 Å². The van der Waals surface area contributed by atoms with E-state index in [4.69, 9.17) is 0 Å². The Morgan fingerprint density at radius 1 is 1.45 bits per heavy atom. The van der Waals surface area contributed by atoms with Crippen LogP contribution in [0.25, 0.3) is 0 Å². The first kappa shape index (κ1) is 17.0. The topological polar surface area (TPSA) is 69.6 Å². The highest BCUT2D eigenvalue weighted by atomic mass is 16.4.